The van der Waals surface area contributed by atoms with Crippen LogP contribution >= 0.6 is 0 Å². The van der Waals surface area contributed by atoms with Crippen molar-refractivity contribution in [2.75, 3.05) is 26.2 Å². The monoisotopic (exact) mass is 268 g/mol. The number of oxime groups is 1. The van der Waals surface area contributed by atoms with Gasteiger partial charge in [0.05, 0.1) is 0 Å². The Morgan fingerprint density at radius 3 is 2.32 bits per heavy atom. The molecule has 108 valence electrons. The zero-order valence-electron chi connectivity index (χ0n) is 11.4. The van der Waals surface area contributed by atoms with Crippen LogP contribution in [0.4, 0.5) is 4.79 Å². The molecule has 2 heterocycles. The van der Waals surface area contributed by atoms with Crippen molar-refractivity contribution in [1.82, 2.24) is 9.80 Å². The van der Waals surface area contributed by atoms with E-state index in [1.54, 1.807) is 0 Å². The number of amides is 2. The molecule has 6 nitrogen and oxygen atoms in total. The van der Waals surface area contributed by atoms with Gasteiger partial charge in [-0.1, -0.05) is 18.0 Å². The number of piperidine rings is 1. The molecule has 0 saturated carbocycles. The van der Waals surface area contributed by atoms with Crippen LogP contribution in [-0.4, -0.2) is 53.1 Å². The van der Waals surface area contributed by atoms with Crippen molar-refractivity contribution in [3.05, 3.63) is 0 Å². The van der Waals surface area contributed by atoms with E-state index >= 15 is 0 Å². The largest absolute Gasteiger partial charge is 0.409 e. The zero-order chi connectivity index (χ0) is 13.7. The summed E-state index contributed by atoms with van der Waals surface area (Å²) in [6, 6.07) is 0.123. The summed E-state index contributed by atoms with van der Waals surface area (Å²) in [6.07, 6.45) is 6.44. The Balaban J connectivity index is 1.94. The van der Waals surface area contributed by atoms with Crippen molar-refractivity contribution in [2.24, 2.45) is 16.8 Å². The molecule has 1 atom stereocenters. The quantitative estimate of drug-likeness (QED) is 0.327. The lowest BCUT2D eigenvalue weighted by Gasteiger charge is -2.35. The minimum atomic E-state index is -0.00493. The van der Waals surface area contributed by atoms with Crippen molar-refractivity contribution in [1.29, 1.82) is 0 Å². The Kier molecular flexibility index (Phi) is 4.87. The third-order valence-electron chi connectivity index (χ3n) is 4.10. The molecule has 0 aromatic heterocycles. The Hall–Kier alpha value is -1.46. The van der Waals surface area contributed by atoms with E-state index < -0.39 is 0 Å². The van der Waals surface area contributed by atoms with Gasteiger partial charge in [0, 0.05) is 32.1 Å². The summed E-state index contributed by atoms with van der Waals surface area (Å²) in [5.41, 5.74) is 5.66. The van der Waals surface area contributed by atoms with Crippen LogP contribution in [-0.2, 0) is 0 Å². The third-order valence-corrected chi connectivity index (χ3v) is 4.10. The fraction of sp³-hybridized carbons (Fsp3) is 0.846. The predicted octanol–water partition coefficient (Wildman–Crippen LogP) is 1.44. The van der Waals surface area contributed by atoms with Crippen LogP contribution < -0.4 is 5.73 Å². The minimum absolute atomic E-state index is 0.00493. The second kappa shape index (κ2) is 6.63. The van der Waals surface area contributed by atoms with E-state index in [1.165, 1.54) is 12.8 Å². The summed E-state index contributed by atoms with van der Waals surface area (Å²) in [5.74, 6) is 0.239. The highest BCUT2D eigenvalue weighted by molar-refractivity contribution is 5.83. The first-order chi connectivity index (χ1) is 9.22. The van der Waals surface area contributed by atoms with Gasteiger partial charge < -0.3 is 20.7 Å². The second-order valence-corrected chi connectivity index (χ2v) is 5.49. The van der Waals surface area contributed by atoms with Crippen LogP contribution in [0.15, 0.2) is 5.16 Å². The molecule has 0 spiro atoms. The molecule has 6 heteroatoms. The second-order valence-electron chi connectivity index (χ2n) is 5.49. The molecule has 2 saturated heterocycles. The number of nitrogens with two attached hydrogens (primary N) is 1. The Morgan fingerprint density at radius 1 is 1.05 bits per heavy atom. The molecule has 3 N–H and O–H groups in total. The molecule has 0 aromatic rings. The molecule has 2 rings (SSSR count). The van der Waals surface area contributed by atoms with Gasteiger partial charge in [-0.2, -0.15) is 0 Å². The SMILES string of the molecule is NC(=NO)C1CCCN(C(=O)N2CCCCCC2)C1. The van der Waals surface area contributed by atoms with Crippen molar-refractivity contribution in [2.45, 2.75) is 38.5 Å². The van der Waals surface area contributed by atoms with E-state index in [1.807, 2.05) is 9.80 Å². The highest BCUT2D eigenvalue weighted by Crippen LogP contribution is 2.19. The van der Waals surface area contributed by atoms with Gasteiger partial charge in [-0.15, -0.1) is 0 Å². The van der Waals surface area contributed by atoms with Crippen molar-refractivity contribution >= 4 is 11.9 Å². The van der Waals surface area contributed by atoms with E-state index in [9.17, 15) is 4.79 Å². The standard InChI is InChI=1S/C13H24N4O2/c14-12(15-19)11-6-5-9-17(10-11)13(18)16-7-3-1-2-4-8-16/h11,19H,1-10H2,(H2,14,15). The number of carbonyl (C=O) groups is 1. The molecule has 2 aliphatic rings. The number of rotatable bonds is 1. The van der Waals surface area contributed by atoms with Crippen molar-refractivity contribution in [3.8, 4) is 0 Å². The molecule has 1 unspecified atom stereocenters. The van der Waals surface area contributed by atoms with Gasteiger partial charge in [0.1, 0.15) is 5.84 Å². The minimum Gasteiger partial charge on any atom is -0.409 e. The molecular formula is C13H24N4O2. The van der Waals surface area contributed by atoms with Gasteiger partial charge in [-0.05, 0) is 25.7 Å². The van der Waals surface area contributed by atoms with Crippen molar-refractivity contribution in [3.63, 3.8) is 0 Å². The van der Waals surface area contributed by atoms with Crippen LogP contribution in [0.3, 0.4) is 0 Å². The van der Waals surface area contributed by atoms with Gasteiger partial charge >= 0.3 is 6.03 Å². The maximum atomic E-state index is 12.5. The molecule has 0 radical (unpaired) electrons. The summed E-state index contributed by atoms with van der Waals surface area (Å²) >= 11 is 0. The van der Waals surface area contributed by atoms with Gasteiger partial charge in [0.15, 0.2) is 0 Å². The van der Waals surface area contributed by atoms with E-state index in [0.29, 0.717) is 6.54 Å². The third kappa shape index (κ3) is 3.52. The smallest absolute Gasteiger partial charge is 0.320 e. The fourth-order valence-electron chi connectivity index (χ4n) is 2.94. The number of nitrogens with zero attached hydrogens (tertiary/aromatic N) is 3. The predicted molar refractivity (Wildman–Crippen MR) is 73.1 cm³/mol. The van der Waals surface area contributed by atoms with Crippen LogP contribution in [0.5, 0.6) is 0 Å². The van der Waals surface area contributed by atoms with E-state index in [0.717, 1.165) is 45.3 Å². The Bertz CT molecular complexity index is 338. The van der Waals surface area contributed by atoms with Crippen LogP contribution in [0, 0.1) is 5.92 Å². The number of urea groups is 1. The molecule has 2 fully saturated rings. The molecule has 0 aromatic carbocycles. The molecule has 0 bridgehead atoms. The van der Waals surface area contributed by atoms with E-state index in [2.05, 4.69) is 5.16 Å². The van der Waals surface area contributed by atoms with Crippen molar-refractivity contribution < 1.29 is 10.0 Å². The molecule has 2 amide bonds. The zero-order valence-corrected chi connectivity index (χ0v) is 11.4. The number of amidine groups is 1. The normalized spacial score (nSPS) is 26.1. The van der Waals surface area contributed by atoms with Crippen LogP contribution in [0.2, 0.25) is 0 Å². The highest BCUT2D eigenvalue weighted by Gasteiger charge is 2.29. The highest BCUT2D eigenvalue weighted by atomic mass is 16.4. The first-order valence-corrected chi connectivity index (χ1v) is 7.23. The van der Waals surface area contributed by atoms with E-state index in [-0.39, 0.29) is 17.8 Å². The summed E-state index contributed by atoms with van der Waals surface area (Å²) in [5, 5.41) is 11.8. The number of likely N-dealkylation sites (tertiary alicyclic amines) is 2. The average molecular weight is 268 g/mol. The maximum Gasteiger partial charge on any atom is 0.320 e. The number of hydrogen-bond acceptors (Lipinski definition) is 3. The summed E-state index contributed by atoms with van der Waals surface area (Å²) in [7, 11) is 0. The molecular weight excluding hydrogens is 244 g/mol. The van der Waals surface area contributed by atoms with Gasteiger partial charge in [0.2, 0.25) is 0 Å². The molecule has 19 heavy (non-hydrogen) atoms. The Morgan fingerprint density at radius 2 is 1.68 bits per heavy atom. The fourth-order valence-corrected chi connectivity index (χ4v) is 2.94. The average Bonchev–Trinajstić information content (AvgIpc) is 2.75. The van der Waals surface area contributed by atoms with Gasteiger partial charge in [-0.25, -0.2) is 4.79 Å². The summed E-state index contributed by atoms with van der Waals surface area (Å²) in [6.45, 7) is 3.09. The number of hydrogen-bond donors (Lipinski definition) is 2. The van der Waals surface area contributed by atoms with Gasteiger partial charge in [-0.3, -0.25) is 0 Å². The van der Waals surface area contributed by atoms with E-state index in [4.69, 9.17) is 10.9 Å². The first-order valence-electron chi connectivity index (χ1n) is 7.23. The lowest BCUT2D eigenvalue weighted by molar-refractivity contribution is 0.138. The first kappa shape index (κ1) is 14.0. The maximum absolute atomic E-state index is 12.5. The number of carbonyl (C=O) groups excluding carboxylic acids is 1. The van der Waals surface area contributed by atoms with Crippen LogP contribution in [0.1, 0.15) is 38.5 Å². The summed E-state index contributed by atoms with van der Waals surface area (Å²) in [4.78, 5) is 16.3. The molecule has 0 aliphatic carbocycles. The Labute approximate surface area is 114 Å². The lowest BCUT2D eigenvalue weighted by Crippen LogP contribution is -2.49. The molecule has 2 aliphatic heterocycles. The topological polar surface area (TPSA) is 82.2 Å². The summed E-state index contributed by atoms with van der Waals surface area (Å²) < 4.78 is 0. The van der Waals surface area contributed by atoms with Crippen LogP contribution in [0.25, 0.3) is 0 Å². The lowest BCUT2D eigenvalue weighted by atomic mass is 9.97. The van der Waals surface area contributed by atoms with Gasteiger partial charge in [0.25, 0.3) is 0 Å².